The van der Waals surface area contributed by atoms with E-state index in [4.69, 9.17) is 0 Å². The maximum atomic E-state index is 12.5. The van der Waals surface area contributed by atoms with Gasteiger partial charge in [0.2, 0.25) is 11.8 Å². The summed E-state index contributed by atoms with van der Waals surface area (Å²) >= 11 is 1.62. The third kappa shape index (κ3) is 3.03. The highest BCUT2D eigenvalue weighted by molar-refractivity contribution is 7.10. The van der Waals surface area contributed by atoms with Crippen LogP contribution in [0.3, 0.4) is 0 Å². The topological polar surface area (TPSA) is 43.9 Å². The number of carbonyl (C=O) groups excluding carboxylic acids is 2. The lowest BCUT2D eigenvalue weighted by atomic mass is 10.1. The summed E-state index contributed by atoms with van der Waals surface area (Å²) in [5.74, 6) is 0.364. The van der Waals surface area contributed by atoms with E-state index in [1.165, 1.54) is 0 Å². The Kier molecular flexibility index (Phi) is 4.49. The van der Waals surface area contributed by atoms with Crippen LogP contribution in [0.15, 0.2) is 17.5 Å². The quantitative estimate of drug-likeness (QED) is 0.814. The number of carbonyl (C=O) groups is 2. The minimum Gasteiger partial charge on any atom is -0.337 e. The van der Waals surface area contributed by atoms with Crippen LogP contribution in [0.2, 0.25) is 0 Å². The van der Waals surface area contributed by atoms with E-state index in [2.05, 4.69) is 4.90 Å². The summed E-state index contributed by atoms with van der Waals surface area (Å²) in [7, 11) is 4.03. The SMILES string of the molecule is CN(C)CCN1C(=O)CC2C1CCN2C(=O)Cc1cccs1. The van der Waals surface area contributed by atoms with Gasteiger partial charge in [-0.2, -0.15) is 0 Å². The third-order valence-corrected chi connectivity index (χ3v) is 5.51. The largest absolute Gasteiger partial charge is 0.337 e. The highest BCUT2D eigenvalue weighted by Gasteiger charge is 2.47. The summed E-state index contributed by atoms with van der Waals surface area (Å²) in [4.78, 5) is 31.9. The lowest BCUT2D eigenvalue weighted by Gasteiger charge is -2.26. The Balaban J connectivity index is 1.63. The molecule has 0 spiro atoms. The van der Waals surface area contributed by atoms with Gasteiger partial charge in [-0.25, -0.2) is 0 Å². The van der Waals surface area contributed by atoms with E-state index < -0.39 is 0 Å². The molecular formula is C16H23N3O2S. The summed E-state index contributed by atoms with van der Waals surface area (Å²) < 4.78 is 0. The molecule has 0 aliphatic carbocycles. The van der Waals surface area contributed by atoms with E-state index in [1.54, 1.807) is 11.3 Å². The van der Waals surface area contributed by atoms with Crippen molar-refractivity contribution in [1.82, 2.24) is 14.7 Å². The number of fused-ring (bicyclic) bond motifs is 1. The second-order valence-corrected chi connectivity index (χ2v) is 7.39. The highest BCUT2D eigenvalue weighted by Crippen LogP contribution is 2.32. The molecule has 2 unspecified atom stereocenters. The van der Waals surface area contributed by atoms with Crippen LogP contribution in [0, 0.1) is 0 Å². The maximum absolute atomic E-state index is 12.5. The standard InChI is InChI=1S/C16H23N3O2S/c1-17(2)7-8-19-13-5-6-18(14(13)11-16(19)21)15(20)10-12-4-3-9-22-12/h3-4,9,13-14H,5-8,10-11H2,1-2H3. The second-order valence-electron chi connectivity index (χ2n) is 6.36. The van der Waals surface area contributed by atoms with Crippen molar-refractivity contribution in [3.63, 3.8) is 0 Å². The van der Waals surface area contributed by atoms with Crippen molar-refractivity contribution >= 4 is 23.2 Å². The van der Waals surface area contributed by atoms with E-state index in [1.807, 2.05) is 41.4 Å². The lowest BCUT2D eigenvalue weighted by Crippen LogP contribution is -2.42. The molecule has 3 heterocycles. The van der Waals surface area contributed by atoms with Gasteiger partial charge in [0.1, 0.15) is 0 Å². The Morgan fingerprint density at radius 2 is 2.23 bits per heavy atom. The van der Waals surface area contributed by atoms with Crippen molar-refractivity contribution in [2.75, 3.05) is 33.7 Å². The third-order valence-electron chi connectivity index (χ3n) is 4.63. The number of rotatable bonds is 5. The van der Waals surface area contributed by atoms with E-state index in [9.17, 15) is 9.59 Å². The Hall–Kier alpha value is -1.40. The predicted molar refractivity (Wildman–Crippen MR) is 86.8 cm³/mol. The van der Waals surface area contributed by atoms with Gasteiger partial charge in [-0.15, -0.1) is 11.3 Å². The molecule has 0 radical (unpaired) electrons. The number of likely N-dealkylation sites (tertiary alicyclic amines) is 2. The molecule has 2 amide bonds. The van der Waals surface area contributed by atoms with E-state index in [-0.39, 0.29) is 23.9 Å². The van der Waals surface area contributed by atoms with Crippen LogP contribution in [0.25, 0.3) is 0 Å². The minimum absolute atomic E-state index is 0.0853. The zero-order chi connectivity index (χ0) is 15.7. The van der Waals surface area contributed by atoms with Crippen molar-refractivity contribution < 1.29 is 9.59 Å². The van der Waals surface area contributed by atoms with Gasteiger partial charge in [-0.3, -0.25) is 9.59 Å². The van der Waals surface area contributed by atoms with Crippen LogP contribution in [0.1, 0.15) is 17.7 Å². The molecule has 1 aromatic heterocycles. The van der Waals surface area contributed by atoms with Gasteiger partial charge in [0.15, 0.2) is 0 Å². The van der Waals surface area contributed by atoms with Crippen molar-refractivity contribution in [1.29, 1.82) is 0 Å². The molecule has 5 nitrogen and oxygen atoms in total. The fourth-order valence-electron chi connectivity index (χ4n) is 3.50. The molecule has 1 aromatic rings. The van der Waals surface area contributed by atoms with Crippen molar-refractivity contribution in [2.45, 2.75) is 31.3 Å². The van der Waals surface area contributed by atoms with Crippen LogP contribution in [-0.4, -0.2) is 72.3 Å². The molecule has 120 valence electrons. The molecule has 2 fully saturated rings. The fraction of sp³-hybridized carbons (Fsp3) is 0.625. The van der Waals surface area contributed by atoms with E-state index in [0.29, 0.717) is 12.8 Å². The van der Waals surface area contributed by atoms with Crippen LogP contribution in [0.4, 0.5) is 0 Å². The normalized spacial score (nSPS) is 24.4. The van der Waals surface area contributed by atoms with Gasteiger partial charge in [0.25, 0.3) is 0 Å². The molecule has 2 aliphatic heterocycles. The molecule has 2 atom stereocenters. The summed E-state index contributed by atoms with van der Waals surface area (Å²) in [6.45, 7) is 2.42. The fourth-order valence-corrected chi connectivity index (χ4v) is 4.20. The summed E-state index contributed by atoms with van der Waals surface area (Å²) in [5, 5.41) is 2.00. The zero-order valence-electron chi connectivity index (χ0n) is 13.2. The predicted octanol–water partition coefficient (Wildman–Crippen LogP) is 1.05. The molecule has 3 rings (SSSR count). The molecule has 22 heavy (non-hydrogen) atoms. The molecule has 0 bridgehead atoms. The average molecular weight is 321 g/mol. The summed E-state index contributed by atoms with van der Waals surface area (Å²) in [6, 6.07) is 4.28. The Morgan fingerprint density at radius 1 is 1.41 bits per heavy atom. The van der Waals surface area contributed by atoms with Crippen molar-refractivity contribution in [3.8, 4) is 0 Å². The Morgan fingerprint density at radius 3 is 2.91 bits per heavy atom. The van der Waals surface area contributed by atoms with Gasteiger partial charge in [-0.05, 0) is 32.0 Å². The monoisotopic (exact) mass is 321 g/mol. The van der Waals surface area contributed by atoms with E-state index >= 15 is 0 Å². The number of hydrogen-bond donors (Lipinski definition) is 0. The second kappa shape index (κ2) is 6.38. The zero-order valence-corrected chi connectivity index (χ0v) is 14.0. The lowest BCUT2D eigenvalue weighted by molar-refractivity contribution is -0.131. The summed E-state index contributed by atoms with van der Waals surface area (Å²) in [5.41, 5.74) is 0. The first-order valence-electron chi connectivity index (χ1n) is 7.82. The number of thiophene rings is 1. The van der Waals surface area contributed by atoms with Crippen LogP contribution >= 0.6 is 11.3 Å². The van der Waals surface area contributed by atoms with E-state index in [0.717, 1.165) is 30.9 Å². The van der Waals surface area contributed by atoms with Gasteiger partial charge in [0, 0.05) is 30.9 Å². The Labute approximate surface area is 135 Å². The maximum Gasteiger partial charge on any atom is 0.228 e. The number of amides is 2. The van der Waals surface area contributed by atoms with Crippen LogP contribution in [-0.2, 0) is 16.0 Å². The number of nitrogens with zero attached hydrogens (tertiary/aromatic N) is 3. The molecule has 0 N–H and O–H groups in total. The molecule has 0 aromatic carbocycles. The smallest absolute Gasteiger partial charge is 0.228 e. The average Bonchev–Trinajstić information content (AvgIpc) is 3.13. The van der Waals surface area contributed by atoms with Crippen molar-refractivity contribution in [3.05, 3.63) is 22.4 Å². The molecule has 2 aliphatic rings. The molecule has 2 saturated heterocycles. The van der Waals surface area contributed by atoms with Crippen LogP contribution in [0.5, 0.6) is 0 Å². The number of hydrogen-bond acceptors (Lipinski definition) is 4. The minimum atomic E-state index is 0.0853. The molecule has 0 saturated carbocycles. The van der Waals surface area contributed by atoms with Gasteiger partial charge >= 0.3 is 0 Å². The number of likely N-dealkylation sites (N-methyl/N-ethyl adjacent to an activating group) is 1. The van der Waals surface area contributed by atoms with Gasteiger partial charge in [-0.1, -0.05) is 6.07 Å². The van der Waals surface area contributed by atoms with Gasteiger partial charge in [0.05, 0.1) is 18.5 Å². The van der Waals surface area contributed by atoms with Gasteiger partial charge < -0.3 is 14.7 Å². The van der Waals surface area contributed by atoms with Crippen LogP contribution < -0.4 is 0 Å². The van der Waals surface area contributed by atoms with Crippen molar-refractivity contribution in [2.24, 2.45) is 0 Å². The first-order valence-corrected chi connectivity index (χ1v) is 8.70. The molecular weight excluding hydrogens is 298 g/mol. The molecule has 6 heteroatoms. The first kappa shape index (κ1) is 15.5. The highest BCUT2D eigenvalue weighted by atomic mass is 32.1. The Bertz CT molecular complexity index is 544. The summed E-state index contributed by atoms with van der Waals surface area (Å²) in [6.07, 6.45) is 1.88. The first-order chi connectivity index (χ1) is 10.6.